The lowest BCUT2D eigenvalue weighted by atomic mass is 10.0. The molecule has 2 aromatic heterocycles. The summed E-state index contributed by atoms with van der Waals surface area (Å²) in [5.41, 5.74) is 2.99. The minimum Gasteiger partial charge on any atom is -0.448 e. The van der Waals surface area contributed by atoms with Gasteiger partial charge in [-0.15, -0.1) is 0 Å². The van der Waals surface area contributed by atoms with Gasteiger partial charge in [0.2, 0.25) is 0 Å². The molecule has 9 heteroatoms. The highest BCUT2D eigenvalue weighted by molar-refractivity contribution is 5.84. The van der Waals surface area contributed by atoms with Crippen LogP contribution in [0, 0.1) is 0 Å². The number of hydrogen-bond acceptors (Lipinski definition) is 7. The molecule has 2 aliphatic rings. The molecule has 4 heterocycles. The van der Waals surface area contributed by atoms with Gasteiger partial charge in [-0.1, -0.05) is 18.2 Å². The number of carbonyl (C=O) groups is 1. The Labute approximate surface area is 202 Å². The molecule has 2 fully saturated rings. The van der Waals surface area contributed by atoms with Crippen LogP contribution < -0.4 is 4.74 Å². The van der Waals surface area contributed by atoms with Crippen molar-refractivity contribution in [2.24, 2.45) is 0 Å². The van der Waals surface area contributed by atoms with Gasteiger partial charge in [0.25, 0.3) is 0 Å². The first kappa shape index (κ1) is 21.5. The fourth-order valence-electron chi connectivity index (χ4n) is 4.85. The minimum absolute atomic E-state index is 0.154. The highest BCUT2D eigenvalue weighted by Crippen LogP contribution is 2.27. The molecule has 0 aliphatic carbocycles. The van der Waals surface area contributed by atoms with Crippen molar-refractivity contribution in [1.29, 1.82) is 0 Å². The Morgan fingerprint density at radius 1 is 1.00 bits per heavy atom. The van der Waals surface area contributed by atoms with Crippen LogP contribution in [-0.4, -0.2) is 68.3 Å². The van der Waals surface area contributed by atoms with Gasteiger partial charge in [-0.2, -0.15) is 5.10 Å². The number of aromatic nitrogens is 4. The Morgan fingerprint density at radius 2 is 1.80 bits per heavy atom. The molecule has 178 valence electrons. The molecule has 6 rings (SSSR count). The molecule has 1 N–H and O–H groups in total. The van der Waals surface area contributed by atoms with Gasteiger partial charge in [-0.25, -0.2) is 14.8 Å². The monoisotopic (exact) mass is 470 g/mol. The first-order valence-corrected chi connectivity index (χ1v) is 11.9. The van der Waals surface area contributed by atoms with Gasteiger partial charge >= 0.3 is 12.1 Å². The van der Waals surface area contributed by atoms with Gasteiger partial charge in [0.05, 0.1) is 12.2 Å². The first-order valence-electron chi connectivity index (χ1n) is 11.9. The fourth-order valence-corrected chi connectivity index (χ4v) is 4.85. The Bertz CT molecular complexity index is 1320. The molecule has 2 aliphatic heterocycles. The number of hydrogen-bond donors (Lipinski definition) is 1. The van der Waals surface area contributed by atoms with Crippen molar-refractivity contribution < 1.29 is 14.3 Å². The van der Waals surface area contributed by atoms with E-state index in [4.69, 9.17) is 9.47 Å². The van der Waals surface area contributed by atoms with Crippen LogP contribution in [0.15, 0.2) is 61.1 Å². The zero-order chi connectivity index (χ0) is 23.6. The molecule has 2 saturated heterocycles. The van der Waals surface area contributed by atoms with E-state index >= 15 is 0 Å². The molecular formula is C26H26N6O3. The largest absolute Gasteiger partial charge is 0.448 e. The molecule has 4 aromatic rings. The first-order chi connectivity index (χ1) is 17.2. The van der Waals surface area contributed by atoms with Crippen molar-refractivity contribution in [3.8, 4) is 23.0 Å². The number of amides is 1. The lowest BCUT2D eigenvalue weighted by molar-refractivity contribution is 0.115. The quantitative estimate of drug-likeness (QED) is 0.450. The summed E-state index contributed by atoms with van der Waals surface area (Å²) in [6, 6.07) is 15.0. The Kier molecular flexibility index (Phi) is 5.75. The van der Waals surface area contributed by atoms with Gasteiger partial charge in [0.15, 0.2) is 0 Å². The maximum atomic E-state index is 11.8. The van der Waals surface area contributed by atoms with E-state index in [2.05, 4.69) is 49.3 Å². The van der Waals surface area contributed by atoms with Crippen molar-refractivity contribution >= 4 is 16.9 Å². The number of piperidine rings is 1. The highest BCUT2D eigenvalue weighted by Gasteiger charge is 2.32. The SMILES string of the molecule is O=C1OCCN1C1CCN(Cc2ccc3cc(Oc4ncc(-c5ccn[nH]5)cn4)ccc3c2)CC1. The summed E-state index contributed by atoms with van der Waals surface area (Å²) in [6.45, 7) is 4.12. The summed E-state index contributed by atoms with van der Waals surface area (Å²) >= 11 is 0. The number of carbonyl (C=O) groups excluding carboxylic acids is 1. The zero-order valence-electron chi connectivity index (χ0n) is 19.3. The van der Waals surface area contributed by atoms with E-state index in [1.807, 2.05) is 23.1 Å². The standard InChI is InChI=1S/C26H26N6O3/c33-26-32(11-12-34-26)22-6-9-31(10-7-22)17-18-1-2-20-14-23(4-3-19(20)13-18)35-25-27-15-21(16-28-25)24-5-8-29-30-24/h1-5,8,13-16,22H,6-7,9-12,17H2,(H,29,30). The molecule has 35 heavy (non-hydrogen) atoms. The molecule has 0 atom stereocenters. The second-order valence-corrected chi connectivity index (χ2v) is 8.99. The second kappa shape index (κ2) is 9.34. The van der Waals surface area contributed by atoms with Crippen molar-refractivity contribution in [1.82, 2.24) is 30.0 Å². The number of benzene rings is 2. The Hall–Kier alpha value is -3.98. The smallest absolute Gasteiger partial charge is 0.410 e. The summed E-state index contributed by atoms with van der Waals surface area (Å²) < 4.78 is 11.0. The molecular weight excluding hydrogens is 444 g/mol. The molecule has 9 nitrogen and oxygen atoms in total. The number of nitrogens with one attached hydrogen (secondary N) is 1. The number of fused-ring (bicyclic) bond motifs is 1. The number of rotatable bonds is 6. The number of cyclic esters (lactones) is 1. The van der Waals surface area contributed by atoms with Crippen LogP contribution in [0.4, 0.5) is 4.79 Å². The van der Waals surface area contributed by atoms with Crippen LogP contribution in [0.1, 0.15) is 18.4 Å². The van der Waals surface area contributed by atoms with Crippen molar-refractivity contribution in [3.05, 3.63) is 66.6 Å². The topological polar surface area (TPSA) is 96.5 Å². The van der Waals surface area contributed by atoms with Gasteiger partial charge in [0, 0.05) is 49.8 Å². The van der Waals surface area contributed by atoms with E-state index in [0.717, 1.165) is 55.7 Å². The maximum absolute atomic E-state index is 11.8. The van der Waals surface area contributed by atoms with E-state index in [9.17, 15) is 4.79 Å². The van der Waals surface area contributed by atoms with E-state index < -0.39 is 0 Å². The predicted molar refractivity (Wildman–Crippen MR) is 130 cm³/mol. The normalized spacial score (nSPS) is 17.1. The number of likely N-dealkylation sites (tertiary alicyclic amines) is 1. The van der Waals surface area contributed by atoms with Crippen molar-refractivity contribution in [2.45, 2.75) is 25.4 Å². The van der Waals surface area contributed by atoms with E-state index in [-0.39, 0.29) is 6.09 Å². The lowest BCUT2D eigenvalue weighted by Crippen LogP contribution is -2.45. The van der Waals surface area contributed by atoms with Crippen LogP contribution in [0.25, 0.3) is 22.0 Å². The van der Waals surface area contributed by atoms with E-state index in [1.54, 1.807) is 18.6 Å². The van der Waals surface area contributed by atoms with Crippen LogP contribution in [0.3, 0.4) is 0 Å². The maximum Gasteiger partial charge on any atom is 0.410 e. The number of aromatic amines is 1. The third-order valence-electron chi connectivity index (χ3n) is 6.72. The second-order valence-electron chi connectivity index (χ2n) is 8.99. The van der Waals surface area contributed by atoms with Crippen molar-refractivity contribution in [3.63, 3.8) is 0 Å². The summed E-state index contributed by atoms with van der Waals surface area (Å²) in [5, 5.41) is 9.11. The van der Waals surface area contributed by atoms with Crippen molar-refractivity contribution in [2.75, 3.05) is 26.2 Å². The highest BCUT2D eigenvalue weighted by atomic mass is 16.6. The van der Waals surface area contributed by atoms with Crippen LogP contribution in [0.2, 0.25) is 0 Å². The molecule has 0 spiro atoms. The van der Waals surface area contributed by atoms with Gasteiger partial charge in [-0.05, 0) is 53.4 Å². The summed E-state index contributed by atoms with van der Waals surface area (Å²) in [4.78, 5) is 24.8. The predicted octanol–water partition coefficient (Wildman–Crippen LogP) is 4.23. The molecule has 0 saturated carbocycles. The summed E-state index contributed by atoms with van der Waals surface area (Å²) in [5.74, 6) is 0.696. The zero-order valence-corrected chi connectivity index (χ0v) is 19.3. The third-order valence-corrected chi connectivity index (χ3v) is 6.72. The van der Waals surface area contributed by atoms with Crippen LogP contribution >= 0.6 is 0 Å². The van der Waals surface area contributed by atoms with Gasteiger partial charge in [0.1, 0.15) is 12.4 Å². The van der Waals surface area contributed by atoms with E-state index in [0.29, 0.717) is 24.4 Å². The van der Waals surface area contributed by atoms with Crippen LogP contribution in [0.5, 0.6) is 11.8 Å². The molecule has 0 bridgehead atoms. The Morgan fingerprint density at radius 3 is 2.54 bits per heavy atom. The lowest BCUT2D eigenvalue weighted by Gasteiger charge is -2.35. The molecule has 0 radical (unpaired) electrons. The summed E-state index contributed by atoms with van der Waals surface area (Å²) in [6.07, 6.45) is 6.95. The van der Waals surface area contributed by atoms with E-state index in [1.165, 1.54) is 10.9 Å². The number of nitrogens with zero attached hydrogens (tertiary/aromatic N) is 5. The molecule has 1 amide bonds. The fraction of sp³-hybridized carbons (Fsp3) is 0.308. The third kappa shape index (κ3) is 4.67. The molecule has 0 unspecified atom stereocenters. The average Bonchev–Trinajstić information content (AvgIpc) is 3.57. The number of H-pyrrole nitrogens is 1. The Balaban J connectivity index is 1.08. The van der Waals surface area contributed by atoms with Gasteiger partial charge < -0.3 is 14.4 Å². The van der Waals surface area contributed by atoms with Gasteiger partial charge in [-0.3, -0.25) is 10.00 Å². The molecule has 2 aromatic carbocycles. The number of ether oxygens (including phenoxy) is 2. The summed E-state index contributed by atoms with van der Waals surface area (Å²) in [7, 11) is 0. The van der Waals surface area contributed by atoms with Crippen LogP contribution in [-0.2, 0) is 11.3 Å². The average molecular weight is 471 g/mol. The minimum atomic E-state index is -0.154.